The van der Waals surface area contributed by atoms with Gasteiger partial charge in [-0.2, -0.15) is 13.2 Å². The van der Waals surface area contributed by atoms with Crippen LogP contribution in [0.3, 0.4) is 0 Å². The van der Waals surface area contributed by atoms with Gasteiger partial charge in [-0.1, -0.05) is 36.0 Å². The van der Waals surface area contributed by atoms with E-state index in [4.69, 9.17) is 4.74 Å². The maximum absolute atomic E-state index is 13.3. The van der Waals surface area contributed by atoms with Crippen LogP contribution in [0.5, 0.6) is 5.75 Å². The van der Waals surface area contributed by atoms with E-state index >= 15 is 0 Å². The molecule has 1 saturated heterocycles. The summed E-state index contributed by atoms with van der Waals surface area (Å²) in [6.45, 7) is 2.45. The molecular weight excluding hydrogens is 527 g/mol. The average molecular weight is 554 g/mol. The topological polar surface area (TPSA) is 53.1 Å². The van der Waals surface area contributed by atoms with Crippen molar-refractivity contribution in [2.45, 2.75) is 11.1 Å². The van der Waals surface area contributed by atoms with E-state index in [1.165, 1.54) is 28.8 Å². The van der Waals surface area contributed by atoms with Crippen molar-refractivity contribution in [1.29, 1.82) is 0 Å². The van der Waals surface area contributed by atoms with Crippen LogP contribution in [0.15, 0.2) is 76.5 Å². The Hall–Kier alpha value is -3.92. The molecule has 5 rings (SSSR count). The molecule has 0 bridgehead atoms. The van der Waals surface area contributed by atoms with Gasteiger partial charge in [0, 0.05) is 43.7 Å². The minimum atomic E-state index is -4.42. The fourth-order valence-electron chi connectivity index (χ4n) is 4.67. The van der Waals surface area contributed by atoms with Crippen LogP contribution >= 0.6 is 11.8 Å². The lowest BCUT2D eigenvalue weighted by atomic mass is 10.1. The van der Waals surface area contributed by atoms with Gasteiger partial charge < -0.3 is 19.4 Å². The van der Waals surface area contributed by atoms with Gasteiger partial charge in [0.2, 0.25) is 0 Å². The molecule has 6 nitrogen and oxygen atoms in total. The zero-order valence-corrected chi connectivity index (χ0v) is 22.2. The summed E-state index contributed by atoms with van der Waals surface area (Å²) in [5, 5.41) is 0. The highest BCUT2D eigenvalue weighted by molar-refractivity contribution is 8.04. The lowest BCUT2D eigenvalue weighted by Crippen LogP contribution is -2.49. The number of fused-ring (bicyclic) bond motifs is 1. The number of methoxy groups -OCH3 is 1. The number of likely N-dealkylation sites (N-methyl/N-ethyl adjacent to an activating group) is 1. The second-order valence-electron chi connectivity index (χ2n) is 9.23. The van der Waals surface area contributed by atoms with Gasteiger partial charge in [-0.25, -0.2) is 0 Å². The summed E-state index contributed by atoms with van der Waals surface area (Å²) in [6.07, 6.45) is -2.84. The van der Waals surface area contributed by atoms with E-state index in [1.54, 1.807) is 37.3 Å². The quantitative estimate of drug-likeness (QED) is 0.383. The van der Waals surface area contributed by atoms with Crippen LogP contribution in [0.25, 0.3) is 6.08 Å². The number of ether oxygens (including phenoxy) is 1. The smallest absolute Gasteiger partial charge is 0.416 e. The average Bonchev–Trinajstić information content (AvgIpc) is 2.95. The van der Waals surface area contributed by atoms with Crippen LogP contribution in [0, 0.1) is 0 Å². The number of carbonyl (C=O) groups is 2. The minimum Gasteiger partial charge on any atom is -0.495 e. The Morgan fingerprint density at radius 3 is 2.31 bits per heavy atom. The molecule has 0 radical (unpaired) electrons. The van der Waals surface area contributed by atoms with Crippen molar-refractivity contribution < 1.29 is 27.5 Å². The van der Waals surface area contributed by atoms with Gasteiger partial charge in [0.15, 0.2) is 0 Å². The van der Waals surface area contributed by atoms with Gasteiger partial charge in [0.1, 0.15) is 5.75 Å². The third-order valence-electron chi connectivity index (χ3n) is 6.83. The highest BCUT2D eigenvalue weighted by Gasteiger charge is 2.31. The van der Waals surface area contributed by atoms with Gasteiger partial charge in [0.05, 0.1) is 29.0 Å². The number of carbonyl (C=O) groups excluding carboxylic acids is 2. The van der Waals surface area contributed by atoms with Crippen LogP contribution < -0.4 is 14.5 Å². The highest BCUT2D eigenvalue weighted by Crippen LogP contribution is 2.42. The third-order valence-corrected chi connectivity index (χ3v) is 7.91. The minimum absolute atomic E-state index is 0.102. The van der Waals surface area contributed by atoms with E-state index in [-0.39, 0.29) is 11.8 Å². The molecule has 0 spiro atoms. The summed E-state index contributed by atoms with van der Waals surface area (Å²) in [5.41, 5.74) is 1.86. The summed E-state index contributed by atoms with van der Waals surface area (Å²) in [5.74, 6) is 0.403. The van der Waals surface area contributed by atoms with Gasteiger partial charge in [-0.3, -0.25) is 9.59 Å². The predicted molar refractivity (Wildman–Crippen MR) is 146 cm³/mol. The van der Waals surface area contributed by atoms with Crippen LogP contribution in [-0.2, 0) is 11.0 Å². The molecule has 0 atom stereocenters. The number of rotatable bonds is 4. The first-order chi connectivity index (χ1) is 18.7. The third kappa shape index (κ3) is 5.47. The first-order valence-corrected chi connectivity index (χ1v) is 13.1. The lowest BCUT2D eigenvalue weighted by Gasteiger charge is -2.37. The second kappa shape index (κ2) is 10.7. The lowest BCUT2D eigenvalue weighted by molar-refractivity contribution is -0.137. The zero-order valence-electron chi connectivity index (χ0n) is 21.4. The summed E-state index contributed by atoms with van der Waals surface area (Å²) < 4.78 is 44.1. The molecule has 1 fully saturated rings. The molecule has 202 valence electrons. The van der Waals surface area contributed by atoms with Crippen molar-refractivity contribution in [2.75, 3.05) is 50.1 Å². The highest BCUT2D eigenvalue weighted by atomic mass is 32.2. The van der Waals surface area contributed by atoms with E-state index in [2.05, 4.69) is 4.90 Å². The van der Waals surface area contributed by atoms with Crippen molar-refractivity contribution in [3.8, 4) is 5.75 Å². The summed E-state index contributed by atoms with van der Waals surface area (Å²) in [6, 6.07) is 17.8. The summed E-state index contributed by atoms with van der Waals surface area (Å²) in [4.78, 5) is 33.0. The fraction of sp³-hybridized carbons (Fsp3) is 0.241. The van der Waals surface area contributed by atoms with E-state index in [9.17, 15) is 22.8 Å². The number of thioether (sulfide) groups is 1. The Morgan fingerprint density at radius 2 is 1.64 bits per heavy atom. The second-order valence-corrected chi connectivity index (χ2v) is 10.3. The van der Waals surface area contributed by atoms with Crippen LogP contribution in [0.2, 0.25) is 0 Å². The first-order valence-electron chi connectivity index (χ1n) is 12.3. The van der Waals surface area contributed by atoms with Crippen LogP contribution in [0.4, 0.5) is 24.5 Å². The summed E-state index contributed by atoms with van der Waals surface area (Å²) in [7, 11) is 3.27. The number of amides is 2. The molecule has 0 aliphatic carbocycles. The molecule has 2 aliphatic heterocycles. The maximum atomic E-state index is 13.3. The van der Waals surface area contributed by atoms with Crippen molar-refractivity contribution in [1.82, 2.24) is 4.90 Å². The Kier molecular flexibility index (Phi) is 7.31. The fourth-order valence-corrected chi connectivity index (χ4v) is 5.76. The molecule has 3 aromatic rings. The number of hydrogen-bond acceptors (Lipinski definition) is 5. The van der Waals surface area contributed by atoms with Gasteiger partial charge in [-0.05, 0) is 54.1 Å². The normalized spacial score (nSPS) is 16.9. The Balaban J connectivity index is 1.29. The Morgan fingerprint density at radius 1 is 0.949 bits per heavy atom. The SMILES string of the molecule is COc1ccccc1N1CCN(C(=O)c2ccc3c(c2)N(C)C(=O)/C(=C/c2ccc(C(F)(F)F)cc2)S3)CC1. The molecule has 0 saturated carbocycles. The van der Waals surface area contributed by atoms with Crippen LogP contribution in [-0.4, -0.2) is 57.1 Å². The molecule has 2 heterocycles. The molecule has 10 heteroatoms. The number of benzene rings is 3. The Bertz CT molecular complexity index is 1430. The predicted octanol–water partition coefficient (Wildman–Crippen LogP) is 5.79. The molecule has 2 amide bonds. The molecule has 39 heavy (non-hydrogen) atoms. The van der Waals surface area contributed by atoms with E-state index in [1.807, 2.05) is 30.3 Å². The number of alkyl halides is 3. The first kappa shape index (κ1) is 26.7. The molecule has 0 unspecified atom stereocenters. The molecule has 2 aliphatic rings. The van der Waals surface area contributed by atoms with E-state index in [0.29, 0.717) is 47.9 Å². The van der Waals surface area contributed by atoms with Gasteiger partial charge in [-0.15, -0.1) is 0 Å². The number of nitrogens with zero attached hydrogens (tertiary/aromatic N) is 3. The standard InChI is InChI=1S/C29H26F3N3O3S/c1-33-23-18-20(27(36)35-15-13-34(14-16-35)22-5-3-4-6-24(22)38-2)9-12-25(23)39-26(28(33)37)17-19-7-10-21(11-8-19)29(30,31)32/h3-12,17-18H,13-16H2,1-2H3/b26-17-. The van der Waals surface area contributed by atoms with Crippen LogP contribution in [0.1, 0.15) is 21.5 Å². The summed E-state index contributed by atoms with van der Waals surface area (Å²) >= 11 is 1.24. The van der Waals surface area contributed by atoms with E-state index in [0.717, 1.165) is 28.5 Å². The molecule has 0 aromatic heterocycles. The van der Waals surface area contributed by atoms with Gasteiger partial charge in [0.25, 0.3) is 11.8 Å². The van der Waals surface area contributed by atoms with Crippen molar-refractivity contribution >= 4 is 41.0 Å². The van der Waals surface area contributed by atoms with Crippen molar-refractivity contribution in [2.24, 2.45) is 0 Å². The maximum Gasteiger partial charge on any atom is 0.416 e. The van der Waals surface area contributed by atoms with E-state index < -0.39 is 11.7 Å². The molecular formula is C29H26F3N3O3S. The largest absolute Gasteiger partial charge is 0.495 e. The molecule has 3 aromatic carbocycles. The zero-order chi connectivity index (χ0) is 27.7. The van der Waals surface area contributed by atoms with Crippen molar-refractivity contribution in [3.05, 3.63) is 88.3 Å². The monoisotopic (exact) mass is 553 g/mol. The van der Waals surface area contributed by atoms with Gasteiger partial charge >= 0.3 is 6.18 Å². The molecule has 0 N–H and O–H groups in total. The Labute approximate surface area is 228 Å². The number of anilines is 2. The van der Waals surface area contributed by atoms with Crippen molar-refractivity contribution in [3.63, 3.8) is 0 Å². The number of halogens is 3. The number of piperazine rings is 1. The number of hydrogen-bond donors (Lipinski definition) is 0. The number of para-hydroxylation sites is 2.